The third-order valence-electron chi connectivity index (χ3n) is 5.48. The number of halogens is 1. The maximum absolute atomic E-state index is 12.2. The molecule has 0 spiro atoms. The molecule has 9 heteroatoms. The minimum Gasteiger partial charge on any atom is -0.377 e. The van der Waals surface area contributed by atoms with Gasteiger partial charge in [-0.15, -0.1) is 24.0 Å². The lowest BCUT2D eigenvalue weighted by Crippen LogP contribution is -2.45. The van der Waals surface area contributed by atoms with Crippen molar-refractivity contribution in [2.24, 2.45) is 10.9 Å². The van der Waals surface area contributed by atoms with E-state index >= 15 is 0 Å². The van der Waals surface area contributed by atoms with Gasteiger partial charge >= 0.3 is 0 Å². The summed E-state index contributed by atoms with van der Waals surface area (Å²) in [4.78, 5) is 4.48. The molecule has 3 atom stereocenters. The topological polar surface area (TPSA) is 91.8 Å². The van der Waals surface area contributed by atoms with Gasteiger partial charge in [-0.2, -0.15) is 0 Å². The van der Waals surface area contributed by atoms with Gasteiger partial charge in [-0.3, -0.25) is 4.99 Å². The van der Waals surface area contributed by atoms with E-state index < -0.39 is 10.0 Å². The van der Waals surface area contributed by atoms with Gasteiger partial charge in [0.05, 0.1) is 18.4 Å². The molecule has 0 aromatic heterocycles. The van der Waals surface area contributed by atoms with Crippen molar-refractivity contribution in [1.82, 2.24) is 15.4 Å². The maximum Gasteiger partial charge on any atom is 0.213 e. The van der Waals surface area contributed by atoms with Crippen molar-refractivity contribution < 1.29 is 13.2 Å². The highest BCUT2D eigenvalue weighted by Crippen LogP contribution is 2.26. The summed E-state index contributed by atoms with van der Waals surface area (Å²) >= 11 is 0. The minimum absolute atomic E-state index is 0. The molecule has 0 aromatic rings. The number of nitrogens with one attached hydrogen (secondary N) is 3. The molecule has 0 amide bonds. The molecule has 2 rings (SSSR count). The highest BCUT2D eigenvalue weighted by atomic mass is 127. The number of aliphatic imine (C=N–C) groups is 1. The molecule has 7 nitrogen and oxygen atoms in total. The molecule has 1 saturated heterocycles. The monoisotopic (exact) mass is 530 g/mol. The average molecular weight is 531 g/mol. The van der Waals surface area contributed by atoms with Crippen molar-refractivity contribution in [2.75, 3.05) is 32.0 Å². The largest absolute Gasteiger partial charge is 0.377 e. The van der Waals surface area contributed by atoms with Crippen LogP contribution in [-0.4, -0.2) is 58.5 Å². The zero-order valence-electron chi connectivity index (χ0n) is 17.4. The predicted octanol–water partition coefficient (Wildman–Crippen LogP) is 2.62. The van der Waals surface area contributed by atoms with E-state index in [1.165, 1.54) is 25.7 Å². The van der Waals surface area contributed by atoms with E-state index in [4.69, 9.17) is 4.74 Å². The molecule has 0 bridgehead atoms. The smallest absolute Gasteiger partial charge is 0.213 e. The van der Waals surface area contributed by atoms with E-state index in [2.05, 4.69) is 27.3 Å². The van der Waals surface area contributed by atoms with Crippen LogP contribution in [0.4, 0.5) is 0 Å². The maximum atomic E-state index is 12.2. The van der Waals surface area contributed by atoms with Gasteiger partial charge in [0, 0.05) is 25.7 Å². The lowest BCUT2D eigenvalue weighted by Gasteiger charge is -2.30. The van der Waals surface area contributed by atoms with Crippen LogP contribution in [0.2, 0.25) is 0 Å². The molecule has 2 fully saturated rings. The summed E-state index contributed by atoms with van der Waals surface area (Å²) in [7, 11) is -3.33. The zero-order chi connectivity index (χ0) is 19.5. The Morgan fingerprint density at radius 2 is 1.96 bits per heavy atom. The quantitative estimate of drug-likeness (QED) is 0.242. The van der Waals surface area contributed by atoms with Crippen LogP contribution in [0.3, 0.4) is 0 Å². The lowest BCUT2D eigenvalue weighted by atomic mass is 9.84. The molecule has 1 heterocycles. The van der Waals surface area contributed by atoms with Crippen molar-refractivity contribution in [1.29, 1.82) is 0 Å². The van der Waals surface area contributed by atoms with Crippen molar-refractivity contribution in [3.05, 3.63) is 0 Å². The highest BCUT2D eigenvalue weighted by Gasteiger charge is 2.21. The Labute approximate surface area is 188 Å². The summed E-state index contributed by atoms with van der Waals surface area (Å²) < 4.78 is 32.7. The van der Waals surface area contributed by atoms with Crippen LogP contribution in [0, 0.1) is 5.92 Å². The lowest BCUT2D eigenvalue weighted by molar-refractivity contribution is 0.0200. The van der Waals surface area contributed by atoms with E-state index in [9.17, 15) is 8.42 Å². The van der Waals surface area contributed by atoms with Crippen LogP contribution in [-0.2, 0) is 14.8 Å². The normalized spacial score (nSPS) is 26.4. The van der Waals surface area contributed by atoms with Crippen molar-refractivity contribution in [3.63, 3.8) is 0 Å². The second kappa shape index (κ2) is 14.0. The molecule has 1 aliphatic heterocycles. The standard InChI is InChI=1S/C19H38N4O3S.HI/c1-3-16-8-7-9-17(14-16)23-19(20-4-2)21-11-13-27(24,25)22-15-18-10-5-6-12-26-18;/h16-18,22H,3-15H2,1-2H3,(H2,20,21,23);1H. The fraction of sp³-hybridized carbons (Fsp3) is 0.947. The molecular weight excluding hydrogens is 491 g/mol. The van der Waals surface area contributed by atoms with E-state index in [1.54, 1.807) is 0 Å². The molecule has 1 aliphatic carbocycles. The molecule has 1 saturated carbocycles. The Hall–Kier alpha value is -0.130. The number of hydrogen-bond donors (Lipinski definition) is 3. The molecule has 166 valence electrons. The molecule has 0 radical (unpaired) electrons. The van der Waals surface area contributed by atoms with Gasteiger partial charge < -0.3 is 15.4 Å². The number of nitrogens with zero attached hydrogens (tertiary/aromatic N) is 1. The first-order valence-electron chi connectivity index (χ1n) is 10.7. The van der Waals surface area contributed by atoms with Gasteiger partial charge in [0.15, 0.2) is 5.96 Å². The first-order valence-corrected chi connectivity index (χ1v) is 12.3. The second-order valence-corrected chi connectivity index (χ2v) is 9.63. The Morgan fingerprint density at radius 1 is 1.14 bits per heavy atom. The fourth-order valence-corrected chi connectivity index (χ4v) is 4.76. The van der Waals surface area contributed by atoms with Gasteiger partial charge in [0.2, 0.25) is 10.0 Å². The van der Waals surface area contributed by atoms with Crippen LogP contribution < -0.4 is 15.4 Å². The second-order valence-electron chi connectivity index (χ2n) is 7.70. The van der Waals surface area contributed by atoms with Gasteiger partial charge in [-0.25, -0.2) is 13.1 Å². The summed E-state index contributed by atoms with van der Waals surface area (Å²) in [6.07, 6.45) is 9.22. The van der Waals surface area contributed by atoms with E-state index in [1.807, 2.05) is 6.92 Å². The Balaban J connectivity index is 0.00000392. The fourth-order valence-electron chi connectivity index (χ4n) is 3.84. The van der Waals surface area contributed by atoms with Crippen molar-refractivity contribution in [3.8, 4) is 0 Å². The van der Waals surface area contributed by atoms with E-state index in [-0.39, 0.29) is 42.4 Å². The van der Waals surface area contributed by atoms with Gasteiger partial charge in [0.25, 0.3) is 0 Å². The minimum atomic E-state index is -3.33. The van der Waals surface area contributed by atoms with Crippen LogP contribution in [0.25, 0.3) is 0 Å². The summed E-state index contributed by atoms with van der Waals surface area (Å²) in [5.41, 5.74) is 0. The number of sulfonamides is 1. The van der Waals surface area contributed by atoms with Crippen LogP contribution in [0.1, 0.15) is 65.2 Å². The van der Waals surface area contributed by atoms with Gasteiger partial charge in [-0.05, 0) is 44.9 Å². The number of rotatable bonds is 9. The van der Waals surface area contributed by atoms with Crippen LogP contribution in [0.15, 0.2) is 4.99 Å². The summed E-state index contributed by atoms with van der Waals surface area (Å²) in [5.74, 6) is 1.51. The SMILES string of the molecule is CCNC(=NCCS(=O)(=O)NCC1CCCCO1)NC1CCCC(CC)C1.I. The van der Waals surface area contributed by atoms with Crippen molar-refractivity contribution >= 4 is 40.0 Å². The molecule has 3 N–H and O–H groups in total. The number of hydrogen-bond acceptors (Lipinski definition) is 4. The molecule has 0 aromatic carbocycles. The first kappa shape index (κ1) is 25.9. The Kier molecular flexibility index (Phi) is 12.9. The third kappa shape index (κ3) is 10.1. The summed E-state index contributed by atoms with van der Waals surface area (Å²) in [6.45, 7) is 6.39. The highest BCUT2D eigenvalue weighted by molar-refractivity contribution is 14.0. The number of guanidine groups is 1. The summed E-state index contributed by atoms with van der Waals surface area (Å²) in [5, 5.41) is 6.73. The molecule has 3 unspecified atom stereocenters. The molecule has 28 heavy (non-hydrogen) atoms. The van der Waals surface area contributed by atoms with Gasteiger partial charge in [-0.1, -0.05) is 26.2 Å². The third-order valence-corrected chi connectivity index (χ3v) is 6.81. The predicted molar refractivity (Wildman–Crippen MR) is 126 cm³/mol. The Bertz CT molecular complexity index is 553. The Morgan fingerprint density at radius 3 is 2.64 bits per heavy atom. The van der Waals surface area contributed by atoms with Crippen LogP contribution in [0.5, 0.6) is 0 Å². The van der Waals surface area contributed by atoms with E-state index in [0.717, 1.165) is 50.7 Å². The zero-order valence-corrected chi connectivity index (χ0v) is 20.6. The average Bonchev–Trinajstić information content (AvgIpc) is 2.67. The van der Waals surface area contributed by atoms with Crippen LogP contribution >= 0.6 is 24.0 Å². The summed E-state index contributed by atoms with van der Waals surface area (Å²) in [6, 6.07) is 0.430. The van der Waals surface area contributed by atoms with Crippen molar-refractivity contribution in [2.45, 2.75) is 77.4 Å². The van der Waals surface area contributed by atoms with Gasteiger partial charge in [0.1, 0.15) is 0 Å². The van der Waals surface area contributed by atoms with E-state index in [0.29, 0.717) is 12.6 Å². The molecular formula is C19H39IN4O3S. The number of ether oxygens (including phenoxy) is 1. The molecule has 2 aliphatic rings. The first-order chi connectivity index (χ1) is 13.0.